The highest BCUT2D eigenvalue weighted by molar-refractivity contribution is 14.0. The highest BCUT2D eigenvalue weighted by Gasteiger charge is 2.34. The lowest BCUT2D eigenvalue weighted by Crippen LogP contribution is -2.63. The van der Waals surface area contributed by atoms with Crippen molar-refractivity contribution in [3.05, 3.63) is 0 Å². The van der Waals surface area contributed by atoms with Crippen LogP contribution in [0.1, 0.15) is 54.4 Å². The van der Waals surface area contributed by atoms with Gasteiger partial charge in [0.15, 0.2) is 5.96 Å². The van der Waals surface area contributed by atoms with Crippen molar-refractivity contribution in [2.45, 2.75) is 71.6 Å². The van der Waals surface area contributed by atoms with Crippen molar-refractivity contribution in [3.63, 3.8) is 0 Å². The molecule has 1 aliphatic rings. The van der Waals surface area contributed by atoms with Crippen LogP contribution in [0.2, 0.25) is 0 Å². The Morgan fingerprint density at radius 3 is 2.24 bits per heavy atom. The average Bonchev–Trinajstić information content (AvgIpc) is 2.45. The fourth-order valence-electron chi connectivity index (χ4n) is 2.26. The number of guanidine groups is 1. The second kappa shape index (κ2) is 10.4. The van der Waals surface area contributed by atoms with E-state index in [1.54, 1.807) is 4.90 Å². The number of nitrogens with one attached hydrogen (secondary N) is 2. The lowest BCUT2D eigenvalue weighted by atomic mass is 9.98. The molecular formula is C17H35IN4O3. The number of rotatable bonds is 6. The molecule has 0 aromatic heterocycles. The molecule has 0 atom stereocenters. The number of amides is 1. The van der Waals surface area contributed by atoms with E-state index in [4.69, 9.17) is 4.74 Å². The van der Waals surface area contributed by atoms with Crippen molar-refractivity contribution in [1.29, 1.82) is 0 Å². The van der Waals surface area contributed by atoms with Crippen molar-refractivity contribution in [1.82, 2.24) is 15.5 Å². The molecule has 1 fully saturated rings. The summed E-state index contributed by atoms with van der Waals surface area (Å²) in [6, 6.07) is 0.145. The second-order valence-corrected chi connectivity index (χ2v) is 7.35. The number of hydrogen-bond acceptors (Lipinski definition) is 4. The Labute approximate surface area is 169 Å². The van der Waals surface area contributed by atoms with Crippen LogP contribution in [-0.4, -0.2) is 65.5 Å². The van der Waals surface area contributed by atoms with Crippen LogP contribution < -0.4 is 10.6 Å². The number of hydrogen-bond donors (Lipinski definition) is 3. The summed E-state index contributed by atoms with van der Waals surface area (Å²) in [5.74, 6) is 0.673. The average molecular weight is 470 g/mol. The Hall–Kier alpha value is -0.770. The molecule has 0 spiro atoms. The summed E-state index contributed by atoms with van der Waals surface area (Å²) in [5, 5.41) is 16.8. The van der Waals surface area contributed by atoms with E-state index in [0.717, 1.165) is 6.54 Å². The molecule has 0 aliphatic carbocycles. The van der Waals surface area contributed by atoms with Gasteiger partial charge >= 0.3 is 6.09 Å². The fraction of sp³-hybridized carbons (Fsp3) is 0.882. The molecule has 0 aromatic carbocycles. The van der Waals surface area contributed by atoms with Gasteiger partial charge in [-0.25, -0.2) is 4.79 Å². The summed E-state index contributed by atoms with van der Waals surface area (Å²) in [4.78, 5) is 18.1. The van der Waals surface area contributed by atoms with Crippen LogP contribution in [0.5, 0.6) is 0 Å². The van der Waals surface area contributed by atoms with Crippen LogP contribution in [-0.2, 0) is 4.74 Å². The number of carbonyl (C=O) groups is 1. The highest BCUT2D eigenvalue weighted by Crippen LogP contribution is 2.16. The van der Waals surface area contributed by atoms with Gasteiger partial charge in [-0.3, -0.25) is 4.99 Å². The topological polar surface area (TPSA) is 86.2 Å². The summed E-state index contributed by atoms with van der Waals surface area (Å²) in [6.07, 6.45) is 1.05. The Morgan fingerprint density at radius 2 is 1.80 bits per heavy atom. The first-order chi connectivity index (χ1) is 11.1. The minimum Gasteiger partial charge on any atom is -0.444 e. The summed E-state index contributed by atoms with van der Waals surface area (Å²) < 4.78 is 5.34. The van der Waals surface area contributed by atoms with Gasteiger partial charge in [-0.05, 0) is 40.5 Å². The molecule has 1 rings (SSSR count). The van der Waals surface area contributed by atoms with Gasteiger partial charge in [0.2, 0.25) is 0 Å². The van der Waals surface area contributed by atoms with Gasteiger partial charge in [0.25, 0.3) is 0 Å². The number of aliphatic hydroxyl groups is 1. The number of nitrogens with zero attached hydrogens (tertiary/aromatic N) is 2. The summed E-state index contributed by atoms with van der Waals surface area (Å²) in [6.45, 7) is 13.8. The molecule has 25 heavy (non-hydrogen) atoms. The zero-order chi connectivity index (χ0) is 18.4. The Bertz CT molecular complexity index is 442. The van der Waals surface area contributed by atoms with Gasteiger partial charge in [-0.15, -0.1) is 24.0 Å². The molecule has 3 N–H and O–H groups in total. The van der Waals surface area contributed by atoms with E-state index in [1.165, 1.54) is 0 Å². The lowest BCUT2D eigenvalue weighted by Gasteiger charge is -2.40. The van der Waals surface area contributed by atoms with Crippen LogP contribution in [0.15, 0.2) is 4.99 Å². The number of ether oxygens (including phenoxy) is 1. The maximum absolute atomic E-state index is 11.9. The molecule has 1 aliphatic heterocycles. The molecule has 0 aromatic rings. The fourth-order valence-corrected chi connectivity index (χ4v) is 2.26. The quantitative estimate of drug-likeness (QED) is 0.315. The Balaban J connectivity index is 0.00000576. The van der Waals surface area contributed by atoms with Crippen LogP contribution >= 0.6 is 24.0 Å². The van der Waals surface area contributed by atoms with Crippen LogP contribution in [0.25, 0.3) is 0 Å². The normalized spacial score (nSPS) is 16.0. The molecule has 8 heteroatoms. The largest absolute Gasteiger partial charge is 0.444 e. The lowest BCUT2D eigenvalue weighted by molar-refractivity contribution is 0.00699. The third-order valence-electron chi connectivity index (χ3n) is 4.07. The minimum absolute atomic E-state index is 0. The van der Waals surface area contributed by atoms with Gasteiger partial charge in [0, 0.05) is 19.6 Å². The molecule has 1 saturated heterocycles. The van der Waals surface area contributed by atoms with E-state index < -0.39 is 11.2 Å². The molecular weight excluding hydrogens is 435 g/mol. The van der Waals surface area contributed by atoms with E-state index in [1.807, 2.05) is 41.5 Å². The van der Waals surface area contributed by atoms with E-state index in [-0.39, 0.29) is 36.1 Å². The van der Waals surface area contributed by atoms with Gasteiger partial charge in [-0.1, -0.05) is 13.8 Å². The molecule has 7 nitrogen and oxygen atoms in total. The van der Waals surface area contributed by atoms with Crippen LogP contribution in [0.4, 0.5) is 4.79 Å². The zero-order valence-electron chi connectivity index (χ0n) is 16.4. The first kappa shape index (κ1) is 24.2. The second-order valence-electron chi connectivity index (χ2n) is 7.35. The smallest absolute Gasteiger partial charge is 0.410 e. The predicted molar refractivity (Wildman–Crippen MR) is 112 cm³/mol. The van der Waals surface area contributed by atoms with E-state index in [0.29, 0.717) is 38.4 Å². The molecule has 0 radical (unpaired) electrons. The van der Waals surface area contributed by atoms with Gasteiger partial charge < -0.3 is 25.4 Å². The maximum Gasteiger partial charge on any atom is 0.410 e. The Kier molecular flexibility index (Phi) is 10.1. The standard InChI is InChI=1S/C17H34N4O3.HI/c1-7-17(23,8-2)12-19-14(18-9-3)20-13-10-21(11-13)15(22)24-16(4,5)6;/h13,23H,7-12H2,1-6H3,(H2,18,19,20);1H. The number of carbonyl (C=O) groups excluding carboxylic acids is 1. The number of likely N-dealkylation sites (tertiary alicyclic amines) is 1. The summed E-state index contributed by atoms with van der Waals surface area (Å²) >= 11 is 0. The molecule has 1 heterocycles. The third-order valence-corrected chi connectivity index (χ3v) is 4.07. The molecule has 148 valence electrons. The van der Waals surface area contributed by atoms with Crippen molar-refractivity contribution in [2.24, 2.45) is 4.99 Å². The third kappa shape index (κ3) is 8.44. The first-order valence-electron chi connectivity index (χ1n) is 8.87. The monoisotopic (exact) mass is 470 g/mol. The van der Waals surface area contributed by atoms with Crippen LogP contribution in [0, 0.1) is 0 Å². The van der Waals surface area contributed by atoms with Crippen LogP contribution in [0.3, 0.4) is 0 Å². The first-order valence-corrected chi connectivity index (χ1v) is 8.87. The maximum atomic E-state index is 11.9. The minimum atomic E-state index is -0.759. The van der Waals surface area contributed by atoms with Gasteiger partial charge in [0.1, 0.15) is 5.60 Å². The summed E-state index contributed by atoms with van der Waals surface area (Å²) in [5.41, 5.74) is -1.23. The number of aliphatic imine (C=N–C) groups is 1. The van der Waals surface area contributed by atoms with Crippen molar-refractivity contribution >= 4 is 36.0 Å². The SMILES string of the molecule is CCNC(=NCC(O)(CC)CC)NC1CN(C(=O)OC(C)(C)C)C1.I. The molecule has 1 amide bonds. The molecule has 0 saturated carbocycles. The molecule has 0 bridgehead atoms. The summed E-state index contributed by atoms with van der Waals surface area (Å²) in [7, 11) is 0. The zero-order valence-corrected chi connectivity index (χ0v) is 18.7. The number of halogens is 1. The van der Waals surface area contributed by atoms with E-state index in [2.05, 4.69) is 15.6 Å². The van der Waals surface area contributed by atoms with Crippen molar-refractivity contribution < 1.29 is 14.6 Å². The predicted octanol–water partition coefficient (Wildman–Crippen LogP) is 2.33. The Morgan fingerprint density at radius 1 is 1.24 bits per heavy atom. The van der Waals surface area contributed by atoms with Gasteiger partial charge in [-0.2, -0.15) is 0 Å². The van der Waals surface area contributed by atoms with Crippen molar-refractivity contribution in [2.75, 3.05) is 26.2 Å². The van der Waals surface area contributed by atoms with E-state index in [9.17, 15) is 9.90 Å². The highest BCUT2D eigenvalue weighted by atomic mass is 127. The van der Waals surface area contributed by atoms with Crippen molar-refractivity contribution in [3.8, 4) is 0 Å². The van der Waals surface area contributed by atoms with E-state index >= 15 is 0 Å². The van der Waals surface area contributed by atoms with Gasteiger partial charge in [0.05, 0.1) is 18.2 Å². The molecule has 0 unspecified atom stereocenters.